The number of fused-ring (bicyclic) bond motifs is 1. The lowest BCUT2D eigenvalue weighted by molar-refractivity contribution is 0.191. The van der Waals surface area contributed by atoms with Crippen molar-refractivity contribution in [3.8, 4) is 17.2 Å². The molecule has 2 aromatic rings. The number of nitrogens with one attached hydrogen (secondary N) is 1. The van der Waals surface area contributed by atoms with Crippen LogP contribution in [0.5, 0.6) is 17.2 Å². The number of methoxy groups -OCH3 is 3. The molecule has 0 radical (unpaired) electrons. The summed E-state index contributed by atoms with van der Waals surface area (Å²) >= 11 is 0. The Bertz CT molecular complexity index is 810. The molecular weight excluding hydrogens is 352 g/mol. The topological polar surface area (TPSA) is 43.0 Å². The Morgan fingerprint density at radius 3 is 2.68 bits per heavy atom. The molecule has 1 N–H and O–H groups in total. The Labute approximate surface area is 167 Å². The second-order valence-corrected chi connectivity index (χ2v) is 7.65. The number of nitrogens with zero attached hydrogens (tertiary/aromatic N) is 1. The standard InChI is InChI=1S/C23H30N2O3/c1-26-18-9-4-7-16(13-18)19-15-25(20-10-6-12-24-22(19)20)14-17-8-5-11-21(27-2)23(17)28-3/h4-5,7-9,11,13,19-20,22,24H,6,10,12,14-15H2,1-3H3/t19-,20-,22-/m1/s1. The Morgan fingerprint density at radius 1 is 1.04 bits per heavy atom. The smallest absolute Gasteiger partial charge is 0.165 e. The van der Waals surface area contributed by atoms with Crippen molar-refractivity contribution in [2.24, 2.45) is 0 Å². The van der Waals surface area contributed by atoms with E-state index >= 15 is 0 Å². The number of para-hydroxylation sites is 1. The third-order valence-electron chi connectivity index (χ3n) is 6.18. The van der Waals surface area contributed by atoms with Gasteiger partial charge in [0.1, 0.15) is 5.75 Å². The lowest BCUT2D eigenvalue weighted by Crippen LogP contribution is -2.48. The number of piperidine rings is 1. The lowest BCUT2D eigenvalue weighted by atomic mass is 9.87. The van der Waals surface area contributed by atoms with Crippen molar-refractivity contribution in [3.05, 3.63) is 53.6 Å². The first-order chi connectivity index (χ1) is 13.7. The monoisotopic (exact) mass is 382 g/mol. The minimum atomic E-state index is 0.456. The summed E-state index contributed by atoms with van der Waals surface area (Å²) in [6.07, 6.45) is 2.45. The van der Waals surface area contributed by atoms with Gasteiger partial charge in [-0.3, -0.25) is 4.90 Å². The van der Waals surface area contributed by atoms with Crippen LogP contribution in [0.2, 0.25) is 0 Å². The molecule has 0 aliphatic carbocycles. The van der Waals surface area contributed by atoms with Crippen molar-refractivity contribution in [3.63, 3.8) is 0 Å². The number of ether oxygens (including phenoxy) is 3. The molecule has 0 bridgehead atoms. The van der Waals surface area contributed by atoms with Gasteiger partial charge in [0.15, 0.2) is 11.5 Å². The van der Waals surface area contributed by atoms with Gasteiger partial charge in [0, 0.05) is 36.7 Å². The minimum Gasteiger partial charge on any atom is -0.497 e. The largest absolute Gasteiger partial charge is 0.497 e. The zero-order chi connectivity index (χ0) is 19.5. The van der Waals surface area contributed by atoms with Crippen LogP contribution < -0.4 is 19.5 Å². The quantitative estimate of drug-likeness (QED) is 0.829. The highest BCUT2D eigenvalue weighted by Crippen LogP contribution is 2.39. The average molecular weight is 383 g/mol. The van der Waals surface area contributed by atoms with E-state index in [1.54, 1.807) is 21.3 Å². The van der Waals surface area contributed by atoms with Crippen molar-refractivity contribution in [2.75, 3.05) is 34.4 Å². The average Bonchev–Trinajstić information content (AvgIpc) is 3.12. The zero-order valence-electron chi connectivity index (χ0n) is 17.0. The molecule has 0 saturated carbocycles. The van der Waals surface area contributed by atoms with Gasteiger partial charge in [0.05, 0.1) is 21.3 Å². The molecule has 2 saturated heterocycles. The Morgan fingerprint density at radius 2 is 1.89 bits per heavy atom. The second-order valence-electron chi connectivity index (χ2n) is 7.65. The maximum absolute atomic E-state index is 5.67. The van der Waals surface area contributed by atoms with Crippen molar-refractivity contribution in [1.29, 1.82) is 0 Å². The van der Waals surface area contributed by atoms with Gasteiger partial charge in [-0.05, 0) is 43.1 Å². The van der Waals surface area contributed by atoms with Gasteiger partial charge < -0.3 is 19.5 Å². The molecule has 5 nitrogen and oxygen atoms in total. The van der Waals surface area contributed by atoms with E-state index in [0.29, 0.717) is 18.0 Å². The predicted octanol–water partition coefficient (Wildman–Crippen LogP) is 3.43. The van der Waals surface area contributed by atoms with E-state index in [9.17, 15) is 0 Å². The normalized spacial score (nSPS) is 24.6. The molecule has 150 valence electrons. The van der Waals surface area contributed by atoms with Gasteiger partial charge in [-0.25, -0.2) is 0 Å². The predicted molar refractivity (Wildman–Crippen MR) is 111 cm³/mol. The van der Waals surface area contributed by atoms with Crippen LogP contribution in [-0.4, -0.2) is 51.4 Å². The highest BCUT2D eigenvalue weighted by atomic mass is 16.5. The van der Waals surface area contributed by atoms with Gasteiger partial charge in [-0.15, -0.1) is 0 Å². The molecule has 4 rings (SSSR count). The summed E-state index contributed by atoms with van der Waals surface area (Å²) in [6, 6.07) is 15.7. The molecule has 2 aliphatic heterocycles. The van der Waals surface area contributed by atoms with Crippen LogP contribution in [0.3, 0.4) is 0 Å². The first kappa shape index (κ1) is 19.1. The first-order valence-electron chi connectivity index (χ1n) is 10.1. The third kappa shape index (κ3) is 3.56. The highest BCUT2D eigenvalue weighted by molar-refractivity contribution is 5.46. The molecule has 5 heteroatoms. The summed E-state index contributed by atoms with van der Waals surface area (Å²) in [6.45, 7) is 2.98. The molecule has 0 unspecified atom stereocenters. The van der Waals surface area contributed by atoms with E-state index in [0.717, 1.165) is 36.9 Å². The molecule has 2 heterocycles. The number of benzene rings is 2. The van der Waals surface area contributed by atoms with Crippen LogP contribution in [0.1, 0.15) is 29.9 Å². The molecule has 0 amide bonds. The fourth-order valence-electron chi connectivity index (χ4n) is 4.88. The third-order valence-corrected chi connectivity index (χ3v) is 6.18. The highest BCUT2D eigenvalue weighted by Gasteiger charge is 2.43. The van der Waals surface area contributed by atoms with Crippen molar-refractivity contribution in [2.45, 2.75) is 37.4 Å². The van der Waals surface area contributed by atoms with Crippen molar-refractivity contribution >= 4 is 0 Å². The summed E-state index contributed by atoms with van der Waals surface area (Å²) < 4.78 is 16.6. The maximum atomic E-state index is 5.67. The van der Waals surface area contributed by atoms with E-state index in [-0.39, 0.29) is 0 Å². The van der Waals surface area contributed by atoms with E-state index in [1.165, 1.54) is 24.0 Å². The van der Waals surface area contributed by atoms with Crippen molar-refractivity contribution < 1.29 is 14.2 Å². The number of rotatable bonds is 6. The molecule has 2 fully saturated rings. The fraction of sp³-hybridized carbons (Fsp3) is 0.478. The summed E-state index contributed by atoms with van der Waals surface area (Å²) in [5.41, 5.74) is 2.53. The number of hydrogen-bond donors (Lipinski definition) is 1. The Balaban J connectivity index is 1.61. The molecular formula is C23H30N2O3. The molecule has 3 atom stereocenters. The van der Waals surface area contributed by atoms with Crippen LogP contribution in [0.15, 0.2) is 42.5 Å². The van der Waals surface area contributed by atoms with E-state index < -0.39 is 0 Å². The summed E-state index contributed by atoms with van der Waals surface area (Å²) in [5, 5.41) is 3.80. The van der Waals surface area contributed by atoms with Crippen LogP contribution in [0, 0.1) is 0 Å². The minimum absolute atomic E-state index is 0.456. The summed E-state index contributed by atoms with van der Waals surface area (Å²) in [5.74, 6) is 3.02. The lowest BCUT2D eigenvalue weighted by Gasteiger charge is -2.33. The van der Waals surface area contributed by atoms with E-state index in [4.69, 9.17) is 14.2 Å². The van der Waals surface area contributed by atoms with Gasteiger partial charge >= 0.3 is 0 Å². The van der Waals surface area contributed by atoms with Crippen LogP contribution in [0.25, 0.3) is 0 Å². The number of hydrogen-bond acceptors (Lipinski definition) is 5. The molecule has 2 aromatic carbocycles. The fourth-order valence-corrected chi connectivity index (χ4v) is 4.88. The van der Waals surface area contributed by atoms with Crippen molar-refractivity contribution in [1.82, 2.24) is 10.2 Å². The first-order valence-corrected chi connectivity index (χ1v) is 10.1. The van der Waals surface area contributed by atoms with Gasteiger partial charge in [-0.1, -0.05) is 24.3 Å². The molecule has 28 heavy (non-hydrogen) atoms. The van der Waals surface area contributed by atoms with E-state index in [2.05, 4.69) is 34.5 Å². The zero-order valence-corrected chi connectivity index (χ0v) is 17.0. The Kier molecular flexibility index (Phi) is 5.74. The van der Waals surface area contributed by atoms with Crippen LogP contribution >= 0.6 is 0 Å². The maximum Gasteiger partial charge on any atom is 0.165 e. The second kappa shape index (κ2) is 8.41. The van der Waals surface area contributed by atoms with Gasteiger partial charge in [-0.2, -0.15) is 0 Å². The number of likely N-dealkylation sites (tertiary alicyclic amines) is 1. The van der Waals surface area contributed by atoms with Crippen LogP contribution in [-0.2, 0) is 6.54 Å². The summed E-state index contributed by atoms with van der Waals surface area (Å²) in [7, 11) is 5.14. The van der Waals surface area contributed by atoms with Gasteiger partial charge in [0.2, 0.25) is 0 Å². The Hall–Kier alpha value is -2.24. The molecule has 0 aromatic heterocycles. The SMILES string of the molecule is COc1cccc([C@H]2CN(Cc3cccc(OC)c3OC)[C@@H]3CCCN[C@H]23)c1. The van der Waals surface area contributed by atoms with Gasteiger partial charge in [0.25, 0.3) is 0 Å². The van der Waals surface area contributed by atoms with E-state index in [1.807, 2.05) is 18.2 Å². The summed E-state index contributed by atoms with van der Waals surface area (Å²) in [4.78, 5) is 2.61. The van der Waals surface area contributed by atoms with Crippen LogP contribution in [0.4, 0.5) is 0 Å². The molecule has 2 aliphatic rings. The molecule has 0 spiro atoms.